The van der Waals surface area contributed by atoms with Gasteiger partial charge < -0.3 is 0 Å². The normalized spacial score (nSPS) is 41.2. The van der Waals surface area contributed by atoms with Gasteiger partial charge in [-0.15, -0.1) is 11.8 Å². The van der Waals surface area contributed by atoms with Gasteiger partial charge in [0.25, 0.3) is 0 Å². The maximum absolute atomic E-state index is 2.68. The molecule has 0 aromatic heterocycles. The predicted octanol–water partition coefficient (Wildman–Crippen LogP) is 2.57. The van der Waals surface area contributed by atoms with E-state index >= 15 is 0 Å². The lowest BCUT2D eigenvalue weighted by atomic mass is 9.84. The van der Waals surface area contributed by atoms with Gasteiger partial charge in [-0.1, -0.05) is 20.8 Å². The summed E-state index contributed by atoms with van der Waals surface area (Å²) >= 11 is 2.18. The van der Waals surface area contributed by atoms with E-state index in [1.54, 1.807) is 0 Å². The molecule has 0 saturated carbocycles. The minimum atomic E-state index is 0.549. The van der Waals surface area contributed by atoms with E-state index in [1.165, 1.54) is 25.9 Å². The van der Waals surface area contributed by atoms with Gasteiger partial charge in [-0.2, -0.15) is 0 Å². The lowest BCUT2D eigenvalue weighted by molar-refractivity contribution is 0.107. The lowest BCUT2D eigenvalue weighted by Gasteiger charge is -2.41. The van der Waals surface area contributed by atoms with Crippen molar-refractivity contribution in [2.24, 2.45) is 5.41 Å². The van der Waals surface area contributed by atoms with Crippen LogP contribution in [0.4, 0.5) is 0 Å². The van der Waals surface area contributed by atoms with Crippen LogP contribution in [-0.2, 0) is 0 Å². The molecule has 2 aliphatic rings. The van der Waals surface area contributed by atoms with Crippen LogP contribution in [0, 0.1) is 5.41 Å². The van der Waals surface area contributed by atoms with Crippen molar-refractivity contribution in [3.8, 4) is 0 Å². The topological polar surface area (TPSA) is 3.24 Å². The lowest BCUT2D eigenvalue weighted by Crippen LogP contribution is -2.44. The summed E-state index contributed by atoms with van der Waals surface area (Å²) in [4.78, 5) is 2.68. The molecule has 2 heteroatoms. The van der Waals surface area contributed by atoms with Gasteiger partial charge in [-0.05, 0) is 24.8 Å². The molecular formula is C10H19NS. The highest BCUT2D eigenvalue weighted by Gasteiger charge is 2.42. The number of hydrogen-bond acceptors (Lipinski definition) is 2. The van der Waals surface area contributed by atoms with Crippen LogP contribution in [0.2, 0.25) is 0 Å². The number of rotatable bonds is 0. The second-order valence-electron chi connectivity index (χ2n) is 4.89. The predicted molar refractivity (Wildman–Crippen MR) is 55.4 cm³/mol. The fourth-order valence-electron chi connectivity index (χ4n) is 2.52. The summed E-state index contributed by atoms with van der Waals surface area (Å²) in [7, 11) is 0. The van der Waals surface area contributed by atoms with E-state index in [2.05, 4.69) is 37.4 Å². The quantitative estimate of drug-likeness (QED) is 0.570. The highest BCUT2D eigenvalue weighted by molar-refractivity contribution is 8.00. The number of piperidine rings is 1. The maximum Gasteiger partial charge on any atom is 0.0612 e. The summed E-state index contributed by atoms with van der Waals surface area (Å²) in [6.07, 6.45) is 2.81. The molecule has 2 atom stereocenters. The molecule has 0 radical (unpaired) electrons. The summed E-state index contributed by atoms with van der Waals surface area (Å²) in [5, 5.41) is 1.66. The summed E-state index contributed by atoms with van der Waals surface area (Å²) in [5.74, 6) is 0. The molecule has 0 unspecified atom stereocenters. The molecule has 0 aromatic carbocycles. The fourth-order valence-corrected chi connectivity index (χ4v) is 4.09. The van der Waals surface area contributed by atoms with E-state index in [4.69, 9.17) is 0 Å². The molecule has 2 fully saturated rings. The van der Waals surface area contributed by atoms with E-state index in [9.17, 15) is 0 Å². The van der Waals surface area contributed by atoms with Crippen molar-refractivity contribution >= 4 is 11.8 Å². The molecule has 2 aliphatic heterocycles. The molecule has 12 heavy (non-hydrogen) atoms. The second-order valence-corrected chi connectivity index (χ2v) is 6.41. The third-order valence-electron chi connectivity index (χ3n) is 3.12. The summed E-state index contributed by atoms with van der Waals surface area (Å²) in [6, 6.07) is 0. The van der Waals surface area contributed by atoms with Gasteiger partial charge in [-0.25, -0.2) is 0 Å². The highest BCUT2D eigenvalue weighted by atomic mass is 32.2. The third kappa shape index (κ3) is 1.39. The van der Waals surface area contributed by atoms with Crippen molar-refractivity contribution in [3.63, 3.8) is 0 Å². The first-order chi connectivity index (χ1) is 5.59. The molecule has 2 rings (SSSR count). The van der Waals surface area contributed by atoms with Crippen molar-refractivity contribution in [2.45, 2.75) is 44.2 Å². The first-order valence-corrected chi connectivity index (χ1v) is 5.93. The Morgan fingerprint density at radius 3 is 2.83 bits per heavy atom. The molecule has 0 N–H and O–H groups in total. The van der Waals surface area contributed by atoms with Crippen LogP contribution in [0.1, 0.15) is 33.6 Å². The molecule has 1 nitrogen and oxygen atoms in total. The minimum Gasteiger partial charge on any atom is -0.290 e. The Morgan fingerprint density at radius 2 is 2.17 bits per heavy atom. The van der Waals surface area contributed by atoms with Crippen LogP contribution in [0.25, 0.3) is 0 Å². The van der Waals surface area contributed by atoms with Gasteiger partial charge in [0.15, 0.2) is 0 Å². The Bertz CT molecular complexity index is 179. The highest BCUT2D eigenvalue weighted by Crippen LogP contribution is 2.46. The van der Waals surface area contributed by atoms with Gasteiger partial charge in [0.1, 0.15) is 0 Å². The van der Waals surface area contributed by atoms with Crippen molar-refractivity contribution in [1.82, 2.24) is 4.90 Å². The van der Waals surface area contributed by atoms with Crippen LogP contribution in [0.15, 0.2) is 0 Å². The maximum atomic E-state index is 2.68. The van der Waals surface area contributed by atoms with Crippen LogP contribution in [-0.4, -0.2) is 28.6 Å². The van der Waals surface area contributed by atoms with Crippen molar-refractivity contribution < 1.29 is 0 Å². The van der Waals surface area contributed by atoms with Gasteiger partial charge in [0.2, 0.25) is 0 Å². The van der Waals surface area contributed by atoms with Gasteiger partial charge >= 0.3 is 0 Å². The fraction of sp³-hybridized carbons (Fsp3) is 1.00. The molecule has 2 heterocycles. The Hall–Kier alpha value is 0.310. The van der Waals surface area contributed by atoms with Crippen LogP contribution >= 0.6 is 11.8 Å². The van der Waals surface area contributed by atoms with Crippen molar-refractivity contribution in [1.29, 1.82) is 0 Å². The molecule has 0 spiro atoms. The van der Waals surface area contributed by atoms with Crippen LogP contribution in [0.5, 0.6) is 0 Å². The molecular weight excluding hydrogens is 166 g/mol. The summed E-state index contributed by atoms with van der Waals surface area (Å²) in [6.45, 7) is 9.87. The molecule has 70 valence electrons. The number of fused-ring (bicyclic) bond motifs is 1. The van der Waals surface area contributed by atoms with E-state index in [0.717, 1.165) is 10.6 Å². The monoisotopic (exact) mass is 185 g/mol. The Labute approximate surface area is 79.9 Å². The molecule has 0 aliphatic carbocycles. The summed E-state index contributed by atoms with van der Waals surface area (Å²) in [5.41, 5.74) is 0.549. The van der Waals surface area contributed by atoms with E-state index in [0.29, 0.717) is 5.41 Å². The average molecular weight is 185 g/mol. The smallest absolute Gasteiger partial charge is 0.0612 e. The average Bonchev–Trinajstić information content (AvgIpc) is 2.30. The zero-order chi connectivity index (χ0) is 8.77. The van der Waals surface area contributed by atoms with E-state index < -0.39 is 0 Å². The zero-order valence-corrected chi connectivity index (χ0v) is 9.16. The van der Waals surface area contributed by atoms with Gasteiger partial charge in [0.05, 0.1) is 5.37 Å². The zero-order valence-electron chi connectivity index (χ0n) is 8.34. The van der Waals surface area contributed by atoms with Gasteiger partial charge in [-0.3, -0.25) is 4.90 Å². The Balaban J connectivity index is 2.13. The molecule has 0 bridgehead atoms. The third-order valence-corrected chi connectivity index (χ3v) is 4.93. The van der Waals surface area contributed by atoms with Crippen molar-refractivity contribution in [2.75, 3.05) is 13.1 Å². The largest absolute Gasteiger partial charge is 0.290 e. The van der Waals surface area contributed by atoms with Crippen molar-refractivity contribution in [3.05, 3.63) is 0 Å². The van der Waals surface area contributed by atoms with E-state index in [-0.39, 0.29) is 0 Å². The Kier molecular flexibility index (Phi) is 2.16. The molecule has 0 amide bonds. The molecule has 2 saturated heterocycles. The van der Waals surface area contributed by atoms with Crippen LogP contribution in [0.3, 0.4) is 0 Å². The Morgan fingerprint density at radius 1 is 1.42 bits per heavy atom. The van der Waals surface area contributed by atoms with Crippen LogP contribution < -0.4 is 0 Å². The minimum absolute atomic E-state index is 0.549. The standard InChI is InChI=1S/C10H19NS/c1-8-7-11-6-4-5-10(2,3)9(11)12-8/h8-9H,4-7H2,1-3H3/t8-,9+/m1/s1. The molecule has 0 aromatic rings. The summed E-state index contributed by atoms with van der Waals surface area (Å²) < 4.78 is 0. The first-order valence-electron chi connectivity index (χ1n) is 4.99. The SMILES string of the molecule is C[C@@H]1CN2CCCC(C)(C)[C@@H]2S1. The van der Waals surface area contributed by atoms with E-state index in [1.807, 2.05) is 0 Å². The number of thioether (sulfide) groups is 1. The number of nitrogens with zero attached hydrogens (tertiary/aromatic N) is 1. The first kappa shape index (κ1) is 8.89. The number of hydrogen-bond donors (Lipinski definition) is 0. The van der Waals surface area contributed by atoms with Gasteiger partial charge in [0, 0.05) is 11.8 Å². The second kappa shape index (κ2) is 2.91.